The Morgan fingerprint density at radius 2 is 1.70 bits per heavy atom. The van der Waals surface area contributed by atoms with E-state index in [0.29, 0.717) is 13.0 Å². The molecule has 2 aromatic rings. The first kappa shape index (κ1) is 25.0. The van der Waals surface area contributed by atoms with Gasteiger partial charge in [0.05, 0.1) is 5.60 Å². The van der Waals surface area contributed by atoms with Crippen molar-refractivity contribution < 1.29 is 19.4 Å². The van der Waals surface area contributed by atoms with E-state index in [1.165, 1.54) is 16.7 Å². The largest absolute Gasteiger partial charge is 0.489 e. The molecular formula is C29H38O4. The highest BCUT2D eigenvalue weighted by atomic mass is 16.6. The van der Waals surface area contributed by atoms with E-state index in [-0.39, 0.29) is 17.5 Å². The predicted octanol–water partition coefficient (Wildman–Crippen LogP) is 6.28. The number of cyclic esters (lactones) is 1. The Labute approximate surface area is 198 Å². The zero-order valence-corrected chi connectivity index (χ0v) is 20.9. The van der Waals surface area contributed by atoms with E-state index in [1.54, 1.807) is 13.8 Å². The third kappa shape index (κ3) is 5.86. The fourth-order valence-corrected chi connectivity index (χ4v) is 4.68. The van der Waals surface area contributed by atoms with Gasteiger partial charge in [-0.1, -0.05) is 56.3 Å². The zero-order chi connectivity index (χ0) is 24.2. The third-order valence-corrected chi connectivity index (χ3v) is 6.82. The fraction of sp³-hybridized carbons (Fsp3) is 0.483. The molecule has 0 aliphatic carbocycles. The van der Waals surface area contributed by atoms with Crippen molar-refractivity contribution in [2.24, 2.45) is 0 Å². The monoisotopic (exact) mass is 450 g/mol. The summed E-state index contributed by atoms with van der Waals surface area (Å²) >= 11 is 0. The second-order valence-corrected chi connectivity index (χ2v) is 9.79. The summed E-state index contributed by atoms with van der Waals surface area (Å²) in [5.74, 6) is 0.703. The average Bonchev–Trinajstić information content (AvgIpc) is 3.18. The number of aryl methyl sites for hydroxylation is 2. The smallest absolute Gasteiger partial charge is 0.306 e. The Bertz CT molecular complexity index is 1010. The molecule has 33 heavy (non-hydrogen) atoms. The molecule has 2 aromatic carbocycles. The zero-order valence-electron chi connectivity index (χ0n) is 20.9. The summed E-state index contributed by atoms with van der Waals surface area (Å²) in [4.78, 5) is 11.3. The van der Waals surface area contributed by atoms with Crippen LogP contribution in [0.15, 0.2) is 42.5 Å². The van der Waals surface area contributed by atoms with Gasteiger partial charge in [0.1, 0.15) is 18.5 Å². The standard InChI is InChI=1S/C29H38O4/c1-7-29(8-2,23-10-9-22(20(3)17-23)15-16-28(5,6)31)24-11-13-26(21(4)18-24)32-19-25-12-14-27(30)33-25/h9-11,13,15-18,25,31H,7-8,12,14,19H2,1-6H3/b16-15+/t25-/m0/s1. The highest BCUT2D eigenvalue weighted by Crippen LogP contribution is 2.41. The molecule has 1 atom stereocenters. The molecule has 1 fully saturated rings. The van der Waals surface area contributed by atoms with Gasteiger partial charge in [0.25, 0.3) is 0 Å². The maximum absolute atomic E-state index is 11.3. The molecular weight excluding hydrogens is 412 g/mol. The average molecular weight is 451 g/mol. The van der Waals surface area contributed by atoms with Gasteiger partial charge in [0.15, 0.2) is 0 Å². The van der Waals surface area contributed by atoms with Crippen molar-refractivity contribution in [3.63, 3.8) is 0 Å². The molecule has 1 N–H and O–H groups in total. The molecule has 3 rings (SSSR count). The summed E-state index contributed by atoms with van der Waals surface area (Å²) in [7, 11) is 0. The van der Waals surface area contributed by atoms with Gasteiger partial charge < -0.3 is 14.6 Å². The Kier molecular flexibility index (Phi) is 7.69. The third-order valence-electron chi connectivity index (χ3n) is 6.82. The first-order valence-electron chi connectivity index (χ1n) is 12.0. The van der Waals surface area contributed by atoms with E-state index in [9.17, 15) is 9.90 Å². The van der Waals surface area contributed by atoms with Gasteiger partial charge in [0, 0.05) is 11.8 Å². The van der Waals surface area contributed by atoms with Crippen LogP contribution in [-0.4, -0.2) is 29.4 Å². The SMILES string of the molecule is CCC(CC)(c1ccc(/C=C/C(C)(C)O)c(C)c1)c1ccc(OC[C@@H]2CCC(=O)O2)c(C)c1. The lowest BCUT2D eigenvalue weighted by Gasteiger charge is -2.34. The highest BCUT2D eigenvalue weighted by molar-refractivity contribution is 5.71. The molecule has 178 valence electrons. The Balaban J connectivity index is 1.86. The topological polar surface area (TPSA) is 55.8 Å². The lowest BCUT2D eigenvalue weighted by Crippen LogP contribution is -2.26. The Morgan fingerprint density at radius 3 is 2.21 bits per heavy atom. The van der Waals surface area contributed by atoms with E-state index >= 15 is 0 Å². The van der Waals surface area contributed by atoms with E-state index in [2.05, 4.69) is 64.1 Å². The molecule has 0 spiro atoms. The van der Waals surface area contributed by atoms with Gasteiger partial charge in [-0.25, -0.2) is 0 Å². The van der Waals surface area contributed by atoms with Crippen LogP contribution in [0, 0.1) is 13.8 Å². The molecule has 0 radical (unpaired) electrons. The summed E-state index contributed by atoms with van der Waals surface area (Å²) in [5, 5.41) is 10.0. The highest BCUT2D eigenvalue weighted by Gasteiger charge is 2.31. The van der Waals surface area contributed by atoms with Crippen molar-refractivity contribution in [3.05, 3.63) is 70.3 Å². The molecule has 1 aliphatic heterocycles. The lowest BCUT2D eigenvalue weighted by molar-refractivity contribution is -0.142. The fourth-order valence-electron chi connectivity index (χ4n) is 4.68. The second kappa shape index (κ2) is 10.1. The minimum atomic E-state index is -0.831. The number of benzene rings is 2. The van der Waals surface area contributed by atoms with Gasteiger partial charge in [-0.15, -0.1) is 0 Å². The van der Waals surface area contributed by atoms with E-state index in [4.69, 9.17) is 9.47 Å². The molecule has 4 heteroatoms. The van der Waals surface area contributed by atoms with Gasteiger partial charge in [-0.2, -0.15) is 0 Å². The van der Waals surface area contributed by atoms with Crippen LogP contribution in [-0.2, 0) is 14.9 Å². The van der Waals surface area contributed by atoms with Crippen molar-refractivity contribution in [2.75, 3.05) is 6.61 Å². The van der Waals surface area contributed by atoms with Crippen LogP contribution in [0.4, 0.5) is 0 Å². The first-order chi connectivity index (χ1) is 15.6. The lowest BCUT2D eigenvalue weighted by atomic mass is 9.70. The molecule has 0 saturated carbocycles. The van der Waals surface area contributed by atoms with Crippen LogP contribution in [0.2, 0.25) is 0 Å². The summed E-state index contributed by atoms with van der Waals surface area (Å²) < 4.78 is 11.3. The first-order valence-corrected chi connectivity index (χ1v) is 12.0. The molecule has 0 unspecified atom stereocenters. The van der Waals surface area contributed by atoms with Crippen molar-refractivity contribution in [2.45, 2.75) is 84.3 Å². The van der Waals surface area contributed by atoms with Gasteiger partial charge in [-0.05, 0) is 80.8 Å². The second-order valence-electron chi connectivity index (χ2n) is 9.79. The number of carbonyl (C=O) groups is 1. The molecule has 1 heterocycles. The van der Waals surface area contributed by atoms with Crippen molar-refractivity contribution in [1.82, 2.24) is 0 Å². The molecule has 1 aliphatic rings. The van der Waals surface area contributed by atoms with Crippen molar-refractivity contribution in [3.8, 4) is 5.75 Å². The molecule has 0 aromatic heterocycles. The van der Waals surface area contributed by atoms with E-state index in [0.717, 1.165) is 36.1 Å². The Morgan fingerprint density at radius 1 is 1.06 bits per heavy atom. The van der Waals surface area contributed by atoms with Crippen LogP contribution < -0.4 is 4.74 Å². The Hall–Kier alpha value is -2.59. The predicted molar refractivity (Wildman–Crippen MR) is 134 cm³/mol. The van der Waals surface area contributed by atoms with Crippen LogP contribution in [0.25, 0.3) is 6.08 Å². The van der Waals surface area contributed by atoms with Crippen LogP contribution >= 0.6 is 0 Å². The molecule has 0 amide bonds. The number of aliphatic hydroxyl groups is 1. The minimum absolute atomic E-state index is 0.0898. The van der Waals surface area contributed by atoms with E-state index in [1.807, 2.05) is 12.2 Å². The number of hydrogen-bond donors (Lipinski definition) is 1. The van der Waals surface area contributed by atoms with Gasteiger partial charge in [0.2, 0.25) is 0 Å². The molecule has 1 saturated heterocycles. The maximum Gasteiger partial charge on any atom is 0.306 e. The number of carbonyl (C=O) groups excluding carboxylic acids is 1. The molecule has 0 bridgehead atoms. The normalized spacial score (nSPS) is 16.9. The van der Waals surface area contributed by atoms with Gasteiger partial charge >= 0.3 is 5.97 Å². The minimum Gasteiger partial charge on any atom is -0.489 e. The summed E-state index contributed by atoms with van der Waals surface area (Å²) in [5.41, 5.74) is 5.07. The maximum atomic E-state index is 11.3. The van der Waals surface area contributed by atoms with Crippen LogP contribution in [0.1, 0.15) is 81.2 Å². The van der Waals surface area contributed by atoms with Crippen molar-refractivity contribution in [1.29, 1.82) is 0 Å². The number of rotatable bonds is 9. The number of ether oxygens (including phenoxy) is 2. The van der Waals surface area contributed by atoms with Crippen molar-refractivity contribution >= 4 is 12.0 Å². The quantitative estimate of drug-likeness (QED) is 0.457. The van der Waals surface area contributed by atoms with Crippen LogP contribution in [0.3, 0.4) is 0 Å². The number of hydrogen-bond acceptors (Lipinski definition) is 4. The van der Waals surface area contributed by atoms with E-state index < -0.39 is 5.60 Å². The number of esters is 1. The summed E-state index contributed by atoms with van der Waals surface area (Å²) in [6.45, 7) is 12.7. The molecule has 4 nitrogen and oxygen atoms in total. The summed E-state index contributed by atoms with van der Waals surface area (Å²) in [6, 6.07) is 13.1. The summed E-state index contributed by atoms with van der Waals surface area (Å²) in [6.07, 6.45) is 6.86. The van der Waals surface area contributed by atoms with Gasteiger partial charge in [-0.3, -0.25) is 4.79 Å². The van der Waals surface area contributed by atoms with Crippen LogP contribution in [0.5, 0.6) is 5.75 Å².